The van der Waals surface area contributed by atoms with Crippen molar-refractivity contribution in [1.82, 2.24) is 0 Å². The minimum absolute atomic E-state index is 0.0529. The van der Waals surface area contributed by atoms with Crippen molar-refractivity contribution in [3.8, 4) is 0 Å². The van der Waals surface area contributed by atoms with E-state index in [0.717, 1.165) is 12.1 Å². The van der Waals surface area contributed by atoms with E-state index in [9.17, 15) is 13.6 Å². The fraction of sp³-hybridized carbons (Fsp3) is 0.222. The summed E-state index contributed by atoms with van der Waals surface area (Å²) in [6.45, 7) is 1.53. The largest absolute Gasteiger partial charge is 0.396 e. The summed E-state index contributed by atoms with van der Waals surface area (Å²) in [6, 6.07) is 2.08. The van der Waals surface area contributed by atoms with Crippen molar-refractivity contribution in [3.05, 3.63) is 29.3 Å². The van der Waals surface area contributed by atoms with Crippen LogP contribution in [-0.4, -0.2) is 5.78 Å². The summed E-state index contributed by atoms with van der Waals surface area (Å²) in [5, 5.41) is 0. The van der Waals surface area contributed by atoms with Crippen molar-refractivity contribution >= 4 is 11.5 Å². The first-order valence-corrected chi connectivity index (χ1v) is 3.84. The molecule has 1 aromatic carbocycles. The Kier molecular flexibility index (Phi) is 2.60. The molecule has 0 atom stereocenters. The van der Waals surface area contributed by atoms with Crippen LogP contribution in [0.2, 0.25) is 0 Å². The highest BCUT2D eigenvalue weighted by Gasteiger charge is 2.17. The summed E-state index contributed by atoms with van der Waals surface area (Å²) < 4.78 is 26.1. The summed E-state index contributed by atoms with van der Waals surface area (Å²) >= 11 is 0. The van der Waals surface area contributed by atoms with Crippen molar-refractivity contribution in [2.75, 3.05) is 5.73 Å². The highest BCUT2D eigenvalue weighted by molar-refractivity contribution is 5.97. The molecular formula is C9H9F2NO. The first-order chi connectivity index (χ1) is 6.07. The number of halogens is 2. The number of benzene rings is 1. The maximum absolute atomic E-state index is 13.1. The van der Waals surface area contributed by atoms with Crippen molar-refractivity contribution in [1.29, 1.82) is 0 Å². The molecule has 0 heterocycles. The summed E-state index contributed by atoms with van der Waals surface area (Å²) in [4.78, 5) is 11.1. The van der Waals surface area contributed by atoms with E-state index in [-0.39, 0.29) is 12.1 Å². The Morgan fingerprint density at radius 2 is 2.08 bits per heavy atom. The highest BCUT2D eigenvalue weighted by atomic mass is 19.1. The zero-order valence-corrected chi connectivity index (χ0v) is 7.10. The van der Waals surface area contributed by atoms with Gasteiger partial charge in [0.25, 0.3) is 0 Å². The lowest BCUT2D eigenvalue weighted by molar-refractivity contribution is 0.0980. The third kappa shape index (κ3) is 1.66. The van der Waals surface area contributed by atoms with Gasteiger partial charge in [-0.15, -0.1) is 0 Å². The smallest absolute Gasteiger partial charge is 0.168 e. The van der Waals surface area contributed by atoms with E-state index >= 15 is 0 Å². The Morgan fingerprint density at radius 1 is 1.46 bits per heavy atom. The molecule has 0 unspecified atom stereocenters. The average Bonchev–Trinajstić information content (AvgIpc) is 2.12. The number of carbonyl (C=O) groups is 1. The Labute approximate surface area is 74.4 Å². The molecule has 13 heavy (non-hydrogen) atoms. The Hall–Kier alpha value is -1.45. The zero-order valence-electron chi connectivity index (χ0n) is 7.10. The number of anilines is 1. The van der Waals surface area contributed by atoms with Crippen LogP contribution in [0.25, 0.3) is 0 Å². The molecule has 0 bridgehead atoms. The number of nitrogen functional groups attached to an aromatic ring is 1. The van der Waals surface area contributed by atoms with Gasteiger partial charge in [0, 0.05) is 6.42 Å². The van der Waals surface area contributed by atoms with Gasteiger partial charge in [0.2, 0.25) is 0 Å². The minimum Gasteiger partial charge on any atom is -0.396 e. The molecule has 0 fully saturated rings. The van der Waals surface area contributed by atoms with Gasteiger partial charge in [0.15, 0.2) is 11.6 Å². The van der Waals surface area contributed by atoms with E-state index in [4.69, 9.17) is 5.73 Å². The van der Waals surface area contributed by atoms with Crippen LogP contribution >= 0.6 is 0 Å². The van der Waals surface area contributed by atoms with Gasteiger partial charge in [-0.1, -0.05) is 6.92 Å². The number of ketones is 1. The third-order valence-electron chi connectivity index (χ3n) is 1.72. The summed E-state index contributed by atoms with van der Waals surface area (Å²) in [5.74, 6) is -2.41. The molecule has 2 nitrogen and oxygen atoms in total. The molecule has 0 aromatic heterocycles. The Balaban J connectivity index is 3.33. The van der Waals surface area contributed by atoms with Crippen LogP contribution in [0.15, 0.2) is 12.1 Å². The number of hydrogen-bond donors (Lipinski definition) is 1. The van der Waals surface area contributed by atoms with Crippen LogP contribution in [0.1, 0.15) is 23.7 Å². The monoisotopic (exact) mass is 185 g/mol. The molecular weight excluding hydrogens is 176 g/mol. The van der Waals surface area contributed by atoms with Crippen molar-refractivity contribution in [2.24, 2.45) is 0 Å². The van der Waals surface area contributed by atoms with Crippen LogP contribution in [0.4, 0.5) is 14.5 Å². The molecule has 0 spiro atoms. The van der Waals surface area contributed by atoms with Crippen LogP contribution < -0.4 is 5.73 Å². The summed E-state index contributed by atoms with van der Waals surface area (Å²) in [6.07, 6.45) is 0.0529. The molecule has 1 rings (SSSR count). The topological polar surface area (TPSA) is 43.1 Å². The van der Waals surface area contributed by atoms with E-state index in [2.05, 4.69) is 0 Å². The van der Waals surface area contributed by atoms with Gasteiger partial charge in [-0.2, -0.15) is 0 Å². The number of rotatable bonds is 2. The van der Waals surface area contributed by atoms with Crippen LogP contribution in [-0.2, 0) is 0 Å². The van der Waals surface area contributed by atoms with Crippen molar-refractivity contribution in [2.45, 2.75) is 13.3 Å². The molecule has 0 radical (unpaired) electrons. The second-order valence-corrected chi connectivity index (χ2v) is 2.60. The van der Waals surface area contributed by atoms with Gasteiger partial charge in [-0.25, -0.2) is 8.78 Å². The van der Waals surface area contributed by atoms with Crippen molar-refractivity contribution < 1.29 is 13.6 Å². The second kappa shape index (κ2) is 3.51. The molecule has 0 aliphatic heterocycles. The van der Waals surface area contributed by atoms with Crippen LogP contribution in [0, 0.1) is 11.6 Å². The zero-order chi connectivity index (χ0) is 10.0. The van der Waals surface area contributed by atoms with Gasteiger partial charge in [-0.3, -0.25) is 4.79 Å². The van der Waals surface area contributed by atoms with Crippen molar-refractivity contribution in [3.63, 3.8) is 0 Å². The molecule has 0 amide bonds. The standard InChI is InChI=1S/C9H9F2NO/c1-2-7(13)8-5(10)3-4-6(12)9(8)11/h3-4H,2,12H2,1H3. The first kappa shape index (κ1) is 9.64. The molecule has 0 aliphatic carbocycles. The average molecular weight is 185 g/mol. The van der Waals surface area contributed by atoms with Gasteiger partial charge in [0.05, 0.1) is 11.3 Å². The predicted molar refractivity (Wildman–Crippen MR) is 45.4 cm³/mol. The number of Topliss-reactive ketones (excluding diaryl/α,β-unsaturated/α-hetero) is 1. The van der Waals surface area contributed by atoms with Crippen LogP contribution in [0.3, 0.4) is 0 Å². The van der Waals surface area contributed by atoms with Gasteiger partial charge < -0.3 is 5.73 Å². The molecule has 0 saturated carbocycles. The summed E-state index contributed by atoms with van der Waals surface area (Å²) in [5.41, 5.74) is 4.44. The SMILES string of the molecule is CCC(=O)c1c(F)ccc(N)c1F. The van der Waals surface area contributed by atoms with E-state index in [1.54, 1.807) is 0 Å². The maximum Gasteiger partial charge on any atom is 0.168 e. The summed E-state index contributed by atoms with van der Waals surface area (Å²) in [7, 11) is 0. The quantitative estimate of drug-likeness (QED) is 0.566. The van der Waals surface area contributed by atoms with E-state index in [1.165, 1.54) is 6.92 Å². The van der Waals surface area contributed by atoms with Gasteiger partial charge >= 0.3 is 0 Å². The van der Waals surface area contributed by atoms with Gasteiger partial charge in [-0.05, 0) is 12.1 Å². The molecule has 2 N–H and O–H groups in total. The lowest BCUT2D eigenvalue weighted by Crippen LogP contribution is -2.06. The Bertz CT molecular complexity index is 350. The van der Waals surface area contributed by atoms with E-state index in [1.807, 2.05) is 0 Å². The molecule has 1 aromatic rings. The number of nitrogens with two attached hydrogens (primary N) is 1. The molecule has 70 valence electrons. The molecule has 0 aliphatic rings. The molecule has 0 saturated heterocycles. The fourth-order valence-corrected chi connectivity index (χ4v) is 1.00. The number of hydrogen-bond acceptors (Lipinski definition) is 2. The third-order valence-corrected chi connectivity index (χ3v) is 1.72. The fourth-order valence-electron chi connectivity index (χ4n) is 1.00. The number of carbonyl (C=O) groups excluding carboxylic acids is 1. The van der Waals surface area contributed by atoms with Crippen LogP contribution in [0.5, 0.6) is 0 Å². The predicted octanol–water partition coefficient (Wildman–Crippen LogP) is 2.14. The minimum atomic E-state index is -0.966. The normalized spacial score (nSPS) is 10.1. The van der Waals surface area contributed by atoms with E-state index in [0.29, 0.717) is 0 Å². The first-order valence-electron chi connectivity index (χ1n) is 3.84. The molecule has 4 heteroatoms. The lowest BCUT2D eigenvalue weighted by Gasteiger charge is -2.03. The maximum atomic E-state index is 13.1. The second-order valence-electron chi connectivity index (χ2n) is 2.60. The highest BCUT2D eigenvalue weighted by Crippen LogP contribution is 2.19. The lowest BCUT2D eigenvalue weighted by atomic mass is 10.1. The van der Waals surface area contributed by atoms with E-state index < -0.39 is 23.0 Å². The Morgan fingerprint density at radius 3 is 2.62 bits per heavy atom. The van der Waals surface area contributed by atoms with Gasteiger partial charge in [0.1, 0.15) is 5.82 Å².